The van der Waals surface area contributed by atoms with Crippen LogP contribution in [0, 0.1) is 0 Å². The van der Waals surface area contributed by atoms with Crippen LogP contribution in [0.5, 0.6) is 5.75 Å². The van der Waals surface area contributed by atoms with Gasteiger partial charge in [0.1, 0.15) is 5.75 Å². The van der Waals surface area contributed by atoms with Crippen LogP contribution in [0.25, 0.3) is 0 Å². The van der Waals surface area contributed by atoms with Gasteiger partial charge in [-0.05, 0) is 43.9 Å². The fourth-order valence-electron chi connectivity index (χ4n) is 2.30. The highest BCUT2D eigenvalue weighted by Gasteiger charge is 2.23. The maximum atomic E-state index is 12.2. The summed E-state index contributed by atoms with van der Waals surface area (Å²) in [5.74, 6) is 0.723. The van der Waals surface area contributed by atoms with Gasteiger partial charge in [-0.2, -0.15) is 0 Å². The van der Waals surface area contributed by atoms with Crippen LogP contribution in [-0.4, -0.2) is 35.1 Å². The Morgan fingerprint density at radius 2 is 1.89 bits per heavy atom. The number of piperidine rings is 1. The number of aliphatic hydroxyl groups is 1. The van der Waals surface area contributed by atoms with E-state index >= 15 is 0 Å². The number of ether oxygens (including phenoxy) is 1. The molecule has 1 aliphatic heterocycles. The zero-order valence-corrected chi connectivity index (χ0v) is 11.3. The summed E-state index contributed by atoms with van der Waals surface area (Å²) in [5.41, 5.74) is 0.836. The van der Waals surface area contributed by atoms with Gasteiger partial charge >= 0.3 is 0 Å². The van der Waals surface area contributed by atoms with Crippen molar-refractivity contribution in [3.63, 3.8) is 0 Å². The molecule has 104 valence electrons. The fraction of sp³-hybridized carbons (Fsp3) is 0.533. The second-order valence-corrected chi connectivity index (χ2v) is 4.95. The monoisotopic (exact) mass is 263 g/mol. The summed E-state index contributed by atoms with van der Waals surface area (Å²) in [4.78, 5) is 14.1. The molecule has 0 saturated carbocycles. The molecule has 4 nitrogen and oxygen atoms in total. The summed E-state index contributed by atoms with van der Waals surface area (Å²) in [6.45, 7) is 3.49. The largest absolute Gasteiger partial charge is 0.481 e. The molecule has 0 bridgehead atoms. The van der Waals surface area contributed by atoms with Gasteiger partial charge in [-0.1, -0.05) is 12.1 Å². The van der Waals surface area contributed by atoms with Crippen molar-refractivity contribution < 1.29 is 14.6 Å². The Kier molecular flexibility index (Phi) is 4.80. The molecule has 1 aromatic carbocycles. The third-order valence-corrected chi connectivity index (χ3v) is 3.43. The van der Waals surface area contributed by atoms with Crippen molar-refractivity contribution in [1.82, 2.24) is 4.90 Å². The van der Waals surface area contributed by atoms with Crippen LogP contribution in [0.1, 0.15) is 31.7 Å². The molecule has 1 fully saturated rings. The van der Waals surface area contributed by atoms with E-state index < -0.39 is 6.10 Å². The molecule has 19 heavy (non-hydrogen) atoms. The summed E-state index contributed by atoms with van der Waals surface area (Å²) in [6, 6.07) is 7.16. The molecule has 0 spiro atoms. The molecule has 0 aliphatic carbocycles. The van der Waals surface area contributed by atoms with Crippen LogP contribution >= 0.6 is 0 Å². The minimum atomic E-state index is -0.460. The van der Waals surface area contributed by atoms with Gasteiger partial charge < -0.3 is 14.7 Å². The van der Waals surface area contributed by atoms with Gasteiger partial charge in [-0.15, -0.1) is 0 Å². The number of nitrogens with zero attached hydrogens (tertiary/aromatic N) is 1. The van der Waals surface area contributed by atoms with E-state index in [1.165, 1.54) is 6.42 Å². The van der Waals surface area contributed by atoms with E-state index in [1.54, 1.807) is 31.2 Å². The van der Waals surface area contributed by atoms with Crippen LogP contribution in [0.3, 0.4) is 0 Å². The Labute approximate surface area is 114 Å². The fourth-order valence-corrected chi connectivity index (χ4v) is 2.30. The number of likely N-dealkylation sites (tertiary alicyclic amines) is 1. The van der Waals surface area contributed by atoms with Crippen molar-refractivity contribution in [1.29, 1.82) is 0 Å². The lowest BCUT2D eigenvalue weighted by Gasteiger charge is -2.29. The molecule has 1 aliphatic rings. The maximum Gasteiger partial charge on any atom is 0.263 e. The third kappa shape index (κ3) is 3.70. The lowest BCUT2D eigenvalue weighted by atomic mass is 10.1. The minimum absolute atomic E-state index is 0.0164. The predicted octanol–water partition coefficient (Wildman–Crippen LogP) is 1.96. The second kappa shape index (κ2) is 6.57. The van der Waals surface area contributed by atoms with Crippen molar-refractivity contribution in [3.8, 4) is 5.75 Å². The number of rotatable bonds is 4. The highest BCUT2D eigenvalue weighted by Crippen LogP contribution is 2.16. The summed E-state index contributed by atoms with van der Waals surface area (Å²) < 4.78 is 5.66. The third-order valence-electron chi connectivity index (χ3n) is 3.43. The molecular formula is C15H21NO3. The van der Waals surface area contributed by atoms with Gasteiger partial charge in [0.15, 0.2) is 6.10 Å². The number of benzene rings is 1. The molecule has 1 amide bonds. The molecule has 1 N–H and O–H groups in total. The minimum Gasteiger partial charge on any atom is -0.481 e. The molecule has 1 aromatic rings. The zero-order valence-electron chi connectivity index (χ0n) is 11.3. The lowest BCUT2D eigenvalue weighted by molar-refractivity contribution is -0.138. The van der Waals surface area contributed by atoms with Crippen LogP contribution in [0.4, 0.5) is 0 Å². The van der Waals surface area contributed by atoms with Gasteiger partial charge in [-0.3, -0.25) is 4.79 Å². The summed E-state index contributed by atoms with van der Waals surface area (Å²) in [7, 11) is 0. The summed E-state index contributed by atoms with van der Waals surface area (Å²) in [6.07, 6.45) is 2.92. The van der Waals surface area contributed by atoms with Crippen molar-refractivity contribution in [2.45, 2.75) is 38.9 Å². The standard InChI is InChI=1S/C15H21NO3/c1-12(15(18)16-9-3-2-4-10-16)19-14-7-5-13(11-17)6-8-14/h5-8,12,17H,2-4,9-11H2,1H3. The van der Waals surface area contributed by atoms with Gasteiger partial charge in [0.25, 0.3) is 5.91 Å². The highest BCUT2D eigenvalue weighted by molar-refractivity contribution is 5.81. The SMILES string of the molecule is CC(Oc1ccc(CO)cc1)C(=O)N1CCCCC1. The van der Waals surface area contributed by atoms with Gasteiger partial charge in [0, 0.05) is 13.1 Å². The number of carbonyl (C=O) groups excluding carboxylic acids is 1. The van der Waals surface area contributed by atoms with E-state index in [0.717, 1.165) is 31.5 Å². The van der Waals surface area contributed by atoms with E-state index in [0.29, 0.717) is 5.75 Å². The molecule has 1 atom stereocenters. The number of amides is 1. The second-order valence-electron chi connectivity index (χ2n) is 4.95. The van der Waals surface area contributed by atoms with Crippen molar-refractivity contribution in [2.24, 2.45) is 0 Å². The summed E-state index contributed by atoms with van der Waals surface area (Å²) in [5, 5.41) is 8.97. The van der Waals surface area contributed by atoms with E-state index in [2.05, 4.69) is 0 Å². The normalized spacial score (nSPS) is 17.1. The zero-order chi connectivity index (χ0) is 13.7. The quantitative estimate of drug-likeness (QED) is 0.903. The van der Waals surface area contributed by atoms with Gasteiger partial charge in [0.2, 0.25) is 0 Å². The first-order chi connectivity index (χ1) is 9.20. The smallest absolute Gasteiger partial charge is 0.263 e. The first kappa shape index (κ1) is 13.9. The Morgan fingerprint density at radius 1 is 1.26 bits per heavy atom. The molecule has 1 heterocycles. The summed E-state index contributed by atoms with van der Waals surface area (Å²) >= 11 is 0. The molecule has 0 aromatic heterocycles. The van der Waals surface area contributed by atoms with E-state index in [4.69, 9.17) is 9.84 Å². The first-order valence-corrected chi connectivity index (χ1v) is 6.86. The van der Waals surface area contributed by atoms with Gasteiger partial charge in [0.05, 0.1) is 6.61 Å². The number of carbonyl (C=O) groups is 1. The Bertz CT molecular complexity index is 410. The van der Waals surface area contributed by atoms with E-state index in [1.807, 2.05) is 4.90 Å². The highest BCUT2D eigenvalue weighted by atomic mass is 16.5. The maximum absolute atomic E-state index is 12.2. The Hall–Kier alpha value is -1.55. The number of hydrogen-bond acceptors (Lipinski definition) is 3. The van der Waals surface area contributed by atoms with Crippen molar-refractivity contribution >= 4 is 5.91 Å². The van der Waals surface area contributed by atoms with Crippen molar-refractivity contribution in [2.75, 3.05) is 13.1 Å². The number of aliphatic hydroxyl groups excluding tert-OH is 1. The Balaban J connectivity index is 1.91. The average Bonchev–Trinajstić information content (AvgIpc) is 2.48. The molecule has 1 unspecified atom stereocenters. The first-order valence-electron chi connectivity index (χ1n) is 6.86. The topological polar surface area (TPSA) is 49.8 Å². The Morgan fingerprint density at radius 3 is 2.47 bits per heavy atom. The molecular weight excluding hydrogens is 242 g/mol. The average molecular weight is 263 g/mol. The molecule has 2 rings (SSSR count). The van der Waals surface area contributed by atoms with E-state index in [9.17, 15) is 4.79 Å². The van der Waals surface area contributed by atoms with Crippen LogP contribution in [0.15, 0.2) is 24.3 Å². The molecule has 1 saturated heterocycles. The van der Waals surface area contributed by atoms with Crippen molar-refractivity contribution in [3.05, 3.63) is 29.8 Å². The van der Waals surface area contributed by atoms with Gasteiger partial charge in [-0.25, -0.2) is 0 Å². The van der Waals surface area contributed by atoms with Crippen LogP contribution in [0.2, 0.25) is 0 Å². The van der Waals surface area contributed by atoms with E-state index in [-0.39, 0.29) is 12.5 Å². The lowest BCUT2D eigenvalue weighted by Crippen LogP contribution is -2.43. The predicted molar refractivity (Wildman–Crippen MR) is 72.9 cm³/mol. The molecule has 4 heteroatoms. The van der Waals surface area contributed by atoms with Crippen LogP contribution in [-0.2, 0) is 11.4 Å². The number of hydrogen-bond donors (Lipinski definition) is 1. The molecule has 0 radical (unpaired) electrons. The van der Waals surface area contributed by atoms with Crippen LogP contribution < -0.4 is 4.74 Å².